The Kier molecular flexibility index (Phi) is 10.1. The van der Waals surface area contributed by atoms with Gasteiger partial charge in [0.2, 0.25) is 5.91 Å². The van der Waals surface area contributed by atoms with Crippen molar-refractivity contribution in [2.45, 2.75) is 25.3 Å². The number of piperidine rings is 1. The summed E-state index contributed by atoms with van der Waals surface area (Å²) in [5.74, 6) is -0.0683. The molecule has 0 bridgehead atoms. The smallest absolute Gasteiger partial charge is 0.265 e. The zero-order valence-electron chi connectivity index (χ0n) is 25.9. The summed E-state index contributed by atoms with van der Waals surface area (Å²) in [5, 5.41) is 0.585. The fourth-order valence-corrected chi connectivity index (χ4v) is 6.59. The van der Waals surface area contributed by atoms with Crippen LogP contribution in [0.3, 0.4) is 0 Å². The standard InChI is InChI=1S/C35H38Cl2N4O5/c1-38(33(42)22-41-30-19-28(36)29(37)20-32(30)46-23-34(41)43)31(21-39-14-16-45-17-15-39)27-7-5-6-26(18-27)24-8-10-25(11-9-24)35(44)40-12-3-2-4-13-40/h5-11,18-20,31H,2-4,12-17,21-23H2,1H3. The molecule has 3 aliphatic heterocycles. The van der Waals surface area contributed by atoms with Gasteiger partial charge in [0.15, 0.2) is 6.61 Å². The molecule has 1 unspecified atom stereocenters. The molecule has 1 atom stereocenters. The largest absolute Gasteiger partial charge is 0.482 e. The third-order valence-electron chi connectivity index (χ3n) is 9.01. The summed E-state index contributed by atoms with van der Waals surface area (Å²) >= 11 is 12.4. The van der Waals surface area contributed by atoms with E-state index in [0.29, 0.717) is 41.8 Å². The second-order valence-corrected chi connectivity index (χ2v) is 12.8. The number of morpholine rings is 1. The molecular weight excluding hydrogens is 627 g/mol. The molecule has 3 aromatic carbocycles. The number of fused-ring (bicyclic) bond motifs is 1. The zero-order valence-corrected chi connectivity index (χ0v) is 27.4. The number of nitrogens with zero attached hydrogens (tertiary/aromatic N) is 4. The van der Waals surface area contributed by atoms with Crippen molar-refractivity contribution in [1.29, 1.82) is 0 Å². The third kappa shape index (κ3) is 7.18. The molecule has 0 N–H and O–H groups in total. The summed E-state index contributed by atoms with van der Waals surface area (Å²) in [7, 11) is 1.78. The van der Waals surface area contributed by atoms with Gasteiger partial charge in [0.05, 0.1) is 35.0 Å². The Bertz CT molecular complexity index is 1590. The Morgan fingerprint density at radius 1 is 0.891 bits per heavy atom. The maximum atomic E-state index is 13.9. The van der Waals surface area contributed by atoms with Crippen molar-refractivity contribution >= 4 is 46.6 Å². The van der Waals surface area contributed by atoms with Gasteiger partial charge in [-0.2, -0.15) is 0 Å². The number of benzene rings is 3. The maximum Gasteiger partial charge on any atom is 0.265 e. The van der Waals surface area contributed by atoms with Crippen molar-refractivity contribution in [3.05, 3.63) is 81.8 Å². The van der Waals surface area contributed by atoms with Crippen LogP contribution in [0.15, 0.2) is 60.7 Å². The summed E-state index contributed by atoms with van der Waals surface area (Å²) < 4.78 is 11.1. The lowest BCUT2D eigenvalue weighted by Crippen LogP contribution is -2.48. The number of carbonyl (C=O) groups excluding carboxylic acids is 3. The van der Waals surface area contributed by atoms with E-state index in [-0.39, 0.29) is 41.9 Å². The van der Waals surface area contributed by atoms with E-state index < -0.39 is 0 Å². The summed E-state index contributed by atoms with van der Waals surface area (Å²) in [6.45, 7) is 4.66. The Balaban J connectivity index is 1.24. The molecule has 2 fully saturated rings. The SMILES string of the molecule is CN(C(=O)CN1C(=O)COc2cc(Cl)c(Cl)cc21)C(CN1CCOCC1)c1cccc(-c2ccc(C(=O)N3CCCCC3)cc2)c1. The predicted molar refractivity (Wildman–Crippen MR) is 179 cm³/mol. The highest BCUT2D eigenvalue weighted by molar-refractivity contribution is 6.42. The number of hydrogen-bond acceptors (Lipinski definition) is 6. The first kappa shape index (κ1) is 32.3. The molecular formula is C35H38Cl2N4O5. The van der Waals surface area contributed by atoms with Crippen molar-refractivity contribution < 1.29 is 23.9 Å². The molecule has 0 aromatic heterocycles. The Labute approximate surface area is 279 Å². The minimum absolute atomic E-state index is 0.0810. The van der Waals surface area contributed by atoms with Gasteiger partial charge < -0.3 is 19.3 Å². The fraction of sp³-hybridized carbons (Fsp3) is 0.400. The van der Waals surface area contributed by atoms with E-state index in [1.807, 2.05) is 47.4 Å². The molecule has 11 heteroatoms. The van der Waals surface area contributed by atoms with Gasteiger partial charge in [-0.1, -0.05) is 53.5 Å². The zero-order chi connectivity index (χ0) is 32.2. The van der Waals surface area contributed by atoms with Crippen LogP contribution in [0, 0.1) is 0 Å². The van der Waals surface area contributed by atoms with Gasteiger partial charge in [0.25, 0.3) is 11.8 Å². The first-order valence-corrected chi connectivity index (χ1v) is 16.5. The molecule has 3 heterocycles. The highest BCUT2D eigenvalue weighted by Gasteiger charge is 2.32. The number of hydrogen-bond donors (Lipinski definition) is 0. The number of ether oxygens (including phenoxy) is 2. The van der Waals surface area contributed by atoms with E-state index in [1.54, 1.807) is 24.1 Å². The van der Waals surface area contributed by atoms with Crippen LogP contribution >= 0.6 is 23.2 Å². The molecule has 0 radical (unpaired) electrons. The molecule has 9 nitrogen and oxygen atoms in total. The van der Waals surface area contributed by atoms with Crippen LogP contribution in [-0.2, 0) is 14.3 Å². The van der Waals surface area contributed by atoms with E-state index in [4.69, 9.17) is 32.7 Å². The average Bonchev–Trinajstić information content (AvgIpc) is 3.09. The summed E-state index contributed by atoms with van der Waals surface area (Å²) in [4.78, 5) is 47.2. The second-order valence-electron chi connectivity index (χ2n) is 12.0. The molecule has 3 aliphatic rings. The van der Waals surface area contributed by atoms with E-state index in [0.717, 1.165) is 55.7 Å². The third-order valence-corrected chi connectivity index (χ3v) is 9.74. The Morgan fingerprint density at radius 2 is 1.61 bits per heavy atom. The monoisotopic (exact) mass is 664 g/mol. The van der Waals surface area contributed by atoms with E-state index in [1.165, 1.54) is 11.3 Å². The molecule has 3 aromatic rings. The summed E-state index contributed by atoms with van der Waals surface area (Å²) in [5.41, 5.74) is 4.06. The molecule has 46 heavy (non-hydrogen) atoms. The van der Waals surface area contributed by atoms with Crippen molar-refractivity contribution in [3.8, 4) is 16.9 Å². The first-order chi connectivity index (χ1) is 22.3. The second kappa shape index (κ2) is 14.4. The minimum Gasteiger partial charge on any atom is -0.482 e. The van der Waals surface area contributed by atoms with Gasteiger partial charge in [-0.15, -0.1) is 0 Å². The lowest BCUT2D eigenvalue weighted by atomic mass is 9.97. The van der Waals surface area contributed by atoms with Crippen LogP contribution in [0.2, 0.25) is 10.0 Å². The number of halogens is 2. The van der Waals surface area contributed by atoms with Crippen LogP contribution in [0.1, 0.15) is 41.2 Å². The number of rotatable bonds is 8. The molecule has 0 aliphatic carbocycles. The average molecular weight is 666 g/mol. The van der Waals surface area contributed by atoms with Crippen molar-refractivity contribution in [1.82, 2.24) is 14.7 Å². The van der Waals surface area contributed by atoms with Gasteiger partial charge in [-0.05, 0) is 60.2 Å². The van der Waals surface area contributed by atoms with Crippen molar-refractivity contribution in [3.63, 3.8) is 0 Å². The van der Waals surface area contributed by atoms with Gasteiger partial charge in [0, 0.05) is 51.4 Å². The van der Waals surface area contributed by atoms with Crippen LogP contribution in [0.5, 0.6) is 5.75 Å². The van der Waals surface area contributed by atoms with Gasteiger partial charge in [-0.3, -0.25) is 24.2 Å². The van der Waals surface area contributed by atoms with Crippen molar-refractivity contribution in [2.24, 2.45) is 0 Å². The highest BCUT2D eigenvalue weighted by Crippen LogP contribution is 2.39. The highest BCUT2D eigenvalue weighted by atomic mass is 35.5. The summed E-state index contributed by atoms with van der Waals surface area (Å²) in [6, 6.07) is 18.8. The van der Waals surface area contributed by atoms with Crippen LogP contribution in [-0.4, -0.2) is 98.6 Å². The number of amides is 3. The van der Waals surface area contributed by atoms with E-state index >= 15 is 0 Å². The van der Waals surface area contributed by atoms with Crippen molar-refractivity contribution in [2.75, 3.05) is 71.0 Å². The first-order valence-electron chi connectivity index (χ1n) is 15.8. The predicted octanol–water partition coefficient (Wildman–Crippen LogP) is 5.54. The molecule has 2 saturated heterocycles. The van der Waals surface area contributed by atoms with Crippen LogP contribution < -0.4 is 9.64 Å². The van der Waals surface area contributed by atoms with Gasteiger partial charge in [-0.25, -0.2) is 0 Å². The molecule has 6 rings (SSSR count). The Morgan fingerprint density at radius 3 is 2.35 bits per heavy atom. The van der Waals surface area contributed by atoms with Gasteiger partial charge in [0.1, 0.15) is 12.3 Å². The quantitative estimate of drug-likeness (QED) is 0.314. The molecule has 0 saturated carbocycles. The number of anilines is 1. The number of carbonyl (C=O) groups is 3. The number of likely N-dealkylation sites (tertiary alicyclic amines) is 1. The maximum absolute atomic E-state index is 13.9. The Hall–Kier alpha value is -3.63. The topological polar surface area (TPSA) is 82.6 Å². The minimum atomic E-state index is -0.332. The van der Waals surface area contributed by atoms with E-state index in [2.05, 4.69) is 11.0 Å². The van der Waals surface area contributed by atoms with Crippen LogP contribution in [0.25, 0.3) is 11.1 Å². The lowest BCUT2D eigenvalue weighted by Gasteiger charge is -2.37. The van der Waals surface area contributed by atoms with Gasteiger partial charge >= 0.3 is 0 Å². The molecule has 0 spiro atoms. The fourth-order valence-electron chi connectivity index (χ4n) is 6.28. The normalized spacial score (nSPS) is 17.7. The van der Waals surface area contributed by atoms with E-state index in [9.17, 15) is 14.4 Å². The molecule has 3 amide bonds. The molecule has 242 valence electrons. The lowest BCUT2D eigenvalue weighted by molar-refractivity contribution is -0.133. The number of likely N-dealkylation sites (N-methyl/N-ethyl adjacent to an activating group) is 1. The summed E-state index contributed by atoms with van der Waals surface area (Å²) in [6.07, 6.45) is 3.28. The van der Waals surface area contributed by atoms with Crippen LogP contribution in [0.4, 0.5) is 5.69 Å².